The van der Waals surface area contributed by atoms with Crippen LogP contribution in [0, 0.1) is 0 Å². The van der Waals surface area contributed by atoms with Gasteiger partial charge < -0.3 is 18.6 Å². The summed E-state index contributed by atoms with van der Waals surface area (Å²) in [5.41, 5.74) is 1.71. The number of rotatable bonds is 3. The molecule has 2 aromatic carbocycles. The molecular weight excluding hydrogens is 344 g/mol. The lowest BCUT2D eigenvalue weighted by atomic mass is 9.74. The first-order valence-corrected chi connectivity index (χ1v) is 9.22. The maximum absolute atomic E-state index is 6.18. The summed E-state index contributed by atoms with van der Waals surface area (Å²) in [6, 6.07) is 16.1. The van der Waals surface area contributed by atoms with Crippen molar-refractivity contribution in [1.82, 2.24) is 10.2 Å². The van der Waals surface area contributed by atoms with Gasteiger partial charge in [0.2, 0.25) is 11.8 Å². The third kappa shape index (κ3) is 2.86. The van der Waals surface area contributed by atoms with Gasteiger partial charge >= 0.3 is 0 Å². The van der Waals surface area contributed by atoms with Crippen molar-refractivity contribution in [2.75, 3.05) is 26.4 Å². The van der Waals surface area contributed by atoms with Crippen molar-refractivity contribution in [1.29, 1.82) is 0 Å². The number of ether oxygens (including phenoxy) is 3. The minimum atomic E-state index is -0.307. The molecule has 0 N–H and O–H groups in total. The average molecular weight is 364 g/mol. The van der Waals surface area contributed by atoms with E-state index in [-0.39, 0.29) is 5.41 Å². The Bertz CT molecular complexity index is 932. The highest BCUT2D eigenvalue weighted by atomic mass is 16.6. The van der Waals surface area contributed by atoms with Crippen LogP contribution in [-0.4, -0.2) is 36.6 Å². The normalized spacial score (nSPS) is 18.2. The van der Waals surface area contributed by atoms with E-state index in [0.717, 1.165) is 24.2 Å². The number of hydrogen-bond acceptors (Lipinski definition) is 6. The highest BCUT2D eigenvalue weighted by molar-refractivity contribution is 5.60. The third-order valence-electron chi connectivity index (χ3n) is 5.30. The molecule has 0 amide bonds. The fourth-order valence-electron chi connectivity index (χ4n) is 3.81. The van der Waals surface area contributed by atoms with E-state index in [9.17, 15) is 0 Å². The van der Waals surface area contributed by atoms with Gasteiger partial charge in [0.15, 0.2) is 11.5 Å². The van der Waals surface area contributed by atoms with Gasteiger partial charge in [-0.3, -0.25) is 0 Å². The summed E-state index contributed by atoms with van der Waals surface area (Å²) < 4.78 is 23.0. The maximum Gasteiger partial charge on any atom is 0.247 e. The topological polar surface area (TPSA) is 66.6 Å². The van der Waals surface area contributed by atoms with Crippen LogP contribution in [0.2, 0.25) is 0 Å². The van der Waals surface area contributed by atoms with Gasteiger partial charge in [-0.2, -0.15) is 0 Å². The summed E-state index contributed by atoms with van der Waals surface area (Å²) in [5.74, 6) is 2.59. The molecule has 0 atom stereocenters. The molecule has 0 radical (unpaired) electrons. The summed E-state index contributed by atoms with van der Waals surface area (Å²) in [6.07, 6.45) is 1.64. The predicted molar refractivity (Wildman–Crippen MR) is 98.0 cm³/mol. The van der Waals surface area contributed by atoms with Gasteiger partial charge in [0.25, 0.3) is 0 Å². The highest BCUT2D eigenvalue weighted by Crippen LogP contribution is 2.42. The number of benzene rings is 2. The zero-order chi connectivity index (χ0) is 18.1. The molecule has 0 aliphatic carbocycles. The van der Waals surface area contributed by atoms with Crippen molar-refractivity contribution in [3.63, 3.8) is 0 Å². The lowest BCUT2D eigenvalue weighted by Gasteiger charge is -2.34. The van der Waals surface area contributed by atoms with E-state index in [0.29, 0.717) is 44.0 Å². The molecule has 1 fully saturated rings. The highest BCUT2D eigenvalue weighted by Gasteiger charge is 2.41. The van der Waals surface area contributed by atoms with Crippen LogP contribution in [-0.2, 0) is 10.2 Å². The smallest absolute Gasteiger partial charge is 0.247 e. The van der Waals surface area contributed by atoms with Gasteiger partial charge in [-0.25, -0.2) is 0 Å². The molecule has 0 unspecified atom stereocenters. The first kappa shape index (κ1) is 16.3. The van der Waals surface area contributed by atoms with Crippen LogP contribution in [0.15, 0.2) is 52.9 Å². The van der Waals surface area contributed by atoms with E-state index in [1.165, 1.54) is 5.56 Å². The van der Waals surface area contributed by atoms with Gasteiger partial charge in [-0.05, 0) is 36.6 Å². The van der Waals surface area contributed by atoms with Crippen molar-refractivity contribution in [3.05, 3.63) is 60.0 Å². The molecule has 0 spiro atoms. The third-order valence-corrected chi connectivity index (χ3v) is 5.30. The molecular formula is C21H20N2O4. The summed E-state index contributed by atoms with van der Waals surface area (Å²) in [6.45, 7) is 2.47. The number of aromatic nitrogens is 2. The molecule has 27 heavy (non-hydrogen) atoms. The first-order valence-electron chi connectivity index (χ1n) is 9.22. The molecule has 5 rings (SSSR count). The van der Waals surface area contributed by atoms with E-state index >= 15 is 0 Å². The van der Waals surface area contributed by atoms with E-state index in [2.05, 4.69) is 22.3 Å². The Hall–Kier alpha value is -2.86. The van der Waals surface area contributed by atoms with Crippen molar-refractivity contribution in [3.8, 4) is 23.0 Å². The van der Waals surface area contributed by atoms with E-state index < -0.39 is 0 Å². The zero-order valence-electron chi connectivity index (χ0n) is 14.9. The van der Waals surface area contributed by atoms with Crippen molar-refractivity contribution < 1.29 is 18.6 Å². The fourth-order valence-corrected chi connectivity index (χ4v) is 3.81. The molecule has 0 bridgehead atoms. The van der Waals surface area contributed by atoms with Crippen molar-refractivity contribution in [2.45, 2.75) is 18.3 Å². The Labute approximate surface area is 157 Å². The van der Waals surface area contributed by atoms with Gasteiger partial charge in [0, 0.05) is 18.8 Å². The van der Waals surface area contributed by atoms with Crippen LogP contribution < -0.4 is 9.47 Å². The van der Waals surface area contributed by atoms with Gasteiger partial charge in [0.1, 0.15) is 13.2 Å². The Balaban J connectivity index is 1.53. The molecule has 2 aliphatic rings. The fraction of sp³-hybridized carbons (Fsp3) is 0.333. The van der Waals surface area contributed by atoms with Crippen molar-refractivity contribution >= 4 is 0 Å². The number of fused-ring (bicyclic) bond motifs is 1. The molecule has 1 aromatic heterocycles. The summed E-state index contributed by atoms with van der Waals surface area (Å²) >= 11 is 0. The van der Waals surface area contributed by atoms with Crippen molar-refractivity contribution in [2.24, 2.45) is 0 Å². The minimum Gasteiger partial charge on any atom is -0.486 e. The Kier molecular flexibility index (Phi) is 4.05. The quantitative estimate of drug-likeness (QED) is 0.707. The lowest BCUT2D eigenvalue weighted by Crippen LogP contribution is -2.35. The number of hydrogen-bond donors (Lipinski definition) is 0. The van der Waals surface area contributed by atoms with Crippen LogP contribution in [0.3, 0.4) is 0 Å². The second kappa shape index (κ2) is 6.70. The second-order valence-electron chi connectivity index (χ2n) is 6.83. The maximum atomic E-state index is 6.18. The molecule has 1 saturated heterocycles. The average Bonchev–Trinajstić information content (AvgIpc) is 3.25. The molecule has 3 heterocycles. The zero-order valence-corrected chi connectivity index (χ0v) is 14.9. The first-order chi connectivity index (χ1) is 13.4. The molecule has 0 saturated carbocycles. The van der Waals surface area contributed by atoms with Crippen LogP contribution in [0.4, 0.5) is 0 Å². The van der Waals surface area contributed by atoms with E-state index in [1.807, 2.05) is 36.4 Å². The summed E-state index contributed by atoms with van der Waals surface area (Å²) in [7, 11) is 0. The molecule has 6 heteroatoms. The Morgan fingerprint density at radius 3 is 2.37 bits per heavy atom. The molecule has 138 valence electrons. The molecule has 2 aliphatic heterocycles. The van der Waals surface area contributed by atoms with Crippen LogP contribution in [0.5, 0.6) is 11.5 Å². The lowest BCUT2D eigenvalue weighted by molar-refractivity contribution is 0.0546. The summed E-state index contributed by atoms with van der Waals surface area (Å²) in [4.78, 5) is 0. The second-order valence-corrected chi connectivity index (χ2v) is 6.83. The molecule has 6 nitrogen and oxygen atoms in total. The van der Waals surface area contributed by atoms with E-state index in [4.69, 9.17) is 18.6 Å². The predicted octanol–water partition coefficient (Wildman–Crippen LogP) is 3.60. The standard InChI is InChI=1S/C21H20N2O4/c1-2-4-16(5-3-1)21(8-10-24-11-9-21)20-23-22-19(27-20)15-6-7-17-18(14-15)26-13-12-25-17/h1-7,14H,8-13H2. The van der Waals surface area contributed by atoms with Crippen LogP contribution in [0.25, 0.3) is 11.5 Å². The largest absolute Gasteiger partial charge is 0.486 e. The van der Waals surface area contributed by atoms with Gasteiger partial charge in [-0.1, -0.05) is 30.3 Å². The summed E-state index contributed by atoms with van der Waals surface area (Å²) in [5, 5.41) is 8.76. The SMILES string of the molecule is c1ccc(C2(c3nnc(-c4ccc5c(c4)OCCO5)o3)CCOCC2)cc1. The van der Waals surface area contributed by atoms with Gasteiger partial charge in [-0.15, -0.1) is 10.2 Å². The van der Waals surface area contributed by atoms with Crippen LogP contribution >= 0.6 is 0 Å². The van der Waals surface area contributed by atoms with Gasteiger partial charge in [0.05, 0.1) is 5.41 Å². The Morgan fingerprint density at radius 1 is 0.778 bits per heavy atom. The van der Waals surface area contributed by atoms with E-state index in [1.54, 1.807) is 0 Å². The Morgan fingerprint density at radius 2 is 1.56 bits per heavy atom. The monoisotopic (exact) mass is 364 g/mol. The number of nitrogens with zero attached hydrogens (tertiary/aromatic N) is 2. The molecule has 3 aromatic rings. The minimum absolute atomic E-state index is 0.307. The van der Waals surface area contributed by atoms with Crippen LogP contribution in [0.1, 0.15) is 24.3 Å².